The van der Waals surface area contributed by atoms with Crippen LogP contribution in [0.4, 0.5) is 0 Å². The lowest BCUT2D eigenvalue weighted by atomic mass is 9.79. The molecule has 2 atom stereocenters. The van der Waals surface area contributed by atoms with Crippen LogP contribution in [0.3, 0.4) is 0 Å². The summed E-state index contributed by atoms with van der Waals surface area (Å²) in [7, 11) is 3.20. The fraction of sp³-hybridized carbons (Fsp3) is 0.333. The zero-order valence-electron chi connectivity index (χ0n) is 13.1. The molecule has 2 aromatic carbocycles. The highest BCUT2D eigenvalue weighted by Crippen LogP contribution is 2.37. The maximum atomic E-state index is 11.0. The standard InChI is InChI=1S/C18H22O4/c1-18(20,14-6-10-16(22-3)11-7-14)17(12-19)13-4-8-15(21-2)9-5-13/h4-11,17,19-20H,12H2,1-3H3. The molecular formula is C18H22O4. The Balaban J connectivity index is 2.33. The largest absolute Gasteiger partial charge is 0.497 e. The van der Waals surface area contributed by atoms with Gasteiger partial charge in [-0.3, -0.25) is 0 Å². The van der Waals surface area contributed by atoms with Crippen LogP contribution in [0.5, 0.6) is 11.5 Å². The first-order chi connectivity index (χ1) is 10.5. The van der Waals surface area contributed by atoms with Crippen LogP contribution in [-0.4, -0.2) is 31.0 Å². The van der Waals surface area contributed by atoms with Gasteiger partial charge in [-0.2, -0.15) is 0 Å². The Bertz CT molecular complexity index is 587. The van der Waals surface area contributed by atoms with Gasteiger partial charge in [0.2, 0.25) is 0 Å². The summed E-state index contributed by atoms with van der Waals surface area (Å²) in [5.74, 6) is 1.03. The first-order valence-corrected chi connectivity index (χ1v) is 7.14. The number of aliphatic hydroxyl groups is 2. The van der Waals surface area contributed by atoms with E-state index in [1.165, 1.54) is 0 Å². The van der Waals surface area contributed by atoms with E-state index in [-0.39, 0.29) is 6.61 Å². The Hall–Kier alpha value is -2.04. The van der Waals surface area contributed by atoms with Gasteiger partial charge in [0.1, 0.15) is 11.5 Å². The van der Waals surface area contributed by atoms with Crippen LogP contribution in [0.1, 0.15) is 24.0 Å². The van der Waals surface area contributed by atoms with E-state index in [1.807, 2.05) is 36.4 Å². The lowest BCUT2D eigenvalue weighted by Gasteiger charge is -2.32. The van der Waals surface area contributed by atoms with Gasteiger partial charge < -0.3 is 19.7 Å². The van der Waals surface area contributed by atoms with Gasteiger partial charge in [-0.05, 0) is 42.3 Å². The summed E-state index contributed by atoms with van der Waals surface area (Å²) in [5, 5.41) is 20.7. The lowest BCUT2D eigenvalue weighted by Crippen LogP contribution is -2.32. The number of hydrogen-bond acceptors (Lipinski definition) is 4. The zero-order chi connectivity index (χ0) is 16.2. The van der Waals surface area contributed by atoms with Gasteiger partial charge in [-0.1, -0.05) is 24.3 Å². The molecule has 2 unspecified atom stereocenters. The Kier molecular flexibility index (Phi) is 5.06. The fourth-order valence-corrected chi connectivity index (χ4v) is 2.57. The van der Waals surface area contributed by atoms with Crippen molar-refractivity contribution >= 4 is 0 Å². The number of aliphatic hydroxyl groups excluding tert-OH is 1. The minimum absolute atomic E-state index is 0.161. The van der Waals surface area contributed by atoms with E-state index in [0.717, 1.165) is 22.6 Å². The molecule has 2 N–H and O–H groups in total. The van der Waals surface area contributed by atoms with Crippen LogP contribution in [0.2, 0.25) is 0 Å². The Labute approximate surface area is 130 Å². The van der Waals surface area contributed by atoms with Crippen LogP contribution < -0.4 is 9.47 Å². The molecule has 0 aromatic heterocycles. The Morgan fingerprint density at radius 2 is 1.36 bits per heavy atom. The first kappa shape index (κ1) is 16.3. The molecule has 0 spiro atoms. The first-order valence-electron chi connectivity index (χ1n) is 7.14. The van der Waals surface area contributed by atoms with Crippen LogP contribution in [0, 0.1) is 0 Å². The van der Waals surface area contributed by atoms with Gasteiger partial charge in [-0.15, -0.1) is 0 Å². The van der Waals surface area contributed by atoms with E-state index in [2.05, 4.69) is 0 Å². The van der Waals surface area contributed by atoms with Crippen molar-refractivity contribution in [2.75, 3.05) is 20.8 Å². The zero-order valence-corrected chi connectivity index (χ0v) is 13.1. The molecule has 4 nitrogen and oxygen atoms in total. The number of benzene rings is 2. The van der Waals surface area contributed by atoms with Gasteiger partial charge in [-0.25, -0.2) is 0 Å². The van der Waals surface area contributed by atoms with Crippen molar-refractivity contribution < 1.29 is 19.7 Å². The summed E-state index contributed by atoms with van der Waals surface area (Å²) < 4.78 is 10.3. The van der Waals surface area contributed by atoms with Crippen molar-refractivity contribution in [2.45, 2.75) is 18.4 Å². The summed E-state index contributed by atoms with van der Waals surface area (Å²) in [6.07, 6.45) is 0. The number of hydrogen-bond donors (Lipinski definition) is 2. The lowest BCUT2D eigenvalue weighted by molar-refractivity contribution is 0.00577. The molecule has 2 rings (SSSR count). The average molecular weight is 302 g/mol. The normalized spacial score (nSPS) is 15.0. The second-order valence-corrected chi connectivity index (χ2v) is 5.38. The van der Waals surface area contributed by atoms with E-state index in [4.69, 9.17) is 9.47 Å². The number of methoxy groups -OCH3 is 2. The van der Waals surface area contributed by atoms with Crippen LogP contribution in [0.25, 0.3) is 0 Å². The third-order valence-electron chi connectivity index (χ3n) is 4.05. The molecular weight excluding hydrogens is 280 g/mol. The SMILES string of the molecule is COc1ccc(C(CO)C(C)(O)c2ccc(OC)cc2)cc1. The second kappa shape index (κ2) is 6.81. The van der Waals surface area contributed by atoms with Gasteiger partial charge in [0, 0.05) is 5.92 Å². The molecule has 0 heterocycles. The summed E-state index contributed by atoms with van der Waals surface area (Å²) >= 11 is 0. The maximum absolute atomic E-state index is 11.0. The van der Waals surface area contributed by atoms with Crippen molar-refractivity contribution in [1.29, 1.82) is 0 Å². The van der Waals surface area contributed by atoms with Crippen molar-refractivity contribution in [3.05, 3.63) is 59.7 Å². The summed E-state index contributed by atoms with van der Waals surface area (Å²) in [5.41, 5.74) is 0.377. The van der Waals surface area contributed by atoms with Crippen molar-refractivity contribution in [3.63, 3.8) is 0 Å². The van der Waals surface area contributed by atoms with Crippen molar-refractivity contribution in [2.24, 2.45) is 0 Å². The van der Waals surface area contributed by atoms with E-state index in [0.29, 0.717) is 0 Å². The summed E-state index contributed by atoms with van der Waals surface area (Å²) in [6, 6.07) is 14.6. The van der Waals surface area contributed by atoms with Gasteiger partial charge in [0.05, 0.1) is 26.4 Å². The third-order valence-corrected chi connectivity index (χ3v) is 4.05. The minimum atomic E-state index is -1.20. The minimum Gasteiger partial charge on any atom is -0.497 e. The molecule has 0 amide bonds. The molecule has 118 valence electrons. The van der Waals surface area contributed by atoms with Crippen molar-refractivity contribution in [1.82, 2.24) is 0 Å². The summed E-state index contributed by atoms with van der Waals surface area (Å²) in [4.78, 5) is 0. The van der Waals surface area contributed by atoms with Gasteiger partial charge >= 0.3 is 0 Å². The Morgan fingerprint density at radius 3 is 1.77 bits per heavy atom. The van der Waals surface area contributed by atoms with Gasteiger partial charge in [0.15, 0.2) is 0 Å². The molecule has 0 saturated heterocycles. The molecule has 0 radical (unpaired) electrons. The van der Waals surface area contributed by atoms with Crippen LogP contribution in [-0.2, 0) is 5.60 Å². The summed E-state index contributed by atoms with van der Waals surface area (Å²) in [6.45, 7) is 1.55. The predicted molar refractivity (Wildman–Crippen MR) is 85.4 cm³/mol. The van der Waals surface area contributed by atoms with E-state index in [9.17, 15) is 10.2 Å². The monoisotopic (exact) mass is 302 g/mol. The quantitative estimate of drug-likeness (QED) is 0.861. The van der Waals surface area contributed by atoms with E-state index < -0.39 is 11.5 Å². The molecule has 0 aliphatic heterocycles. The molecule has 0 fully saturated rings. The van der Waals surface area contributed by atoms with Crippen LogP contribution >= 0.6 is 0 Å². The molecule has 0 aliphatic rings. The molecule has 0 aliphatic carbocycles. The highest BCUT2D eigenvalue weighted by molar-refractivity contribution is 5.36. The van der Waals surface area contributed by atoms with Gasteiger partial charge in [0.25, 0.3) is 0 Å². The smallest absolute Gasteiger partial charge is 0.118 e. The average Bonchev–Trinajstić information content (AvgIpc) is 2.56. The predicted octanol–water partition coefficient (Wildman–Crippen LogP) is 2.69. The Morgan fingerprint density at radius 1 is 0.909 bits per heavy atom. The van der Waals surface area contributed by atoms with Crippen LogP contribution in [0.15, 0.2) is 48.5 Å². The highest BCUT2D eigenvalue weighted by Gasteiger charge is 2.34. The maximum Gasteiger partial charge on any atom is 0.118 e. The molecule has 0 saturated carbocycles. The van der Waals surface area contributed by atoms with E-state index in [1.54, 1.807) is 33.3 Å². The molecule has 0 bridgehead atoms. The van der Waals surface area contributed by atoms with E-state index >= 15 is 0 Å². The molecule has 2 aromatic rings. The molecule has 22 heavy (non-hydrogen) atoms. The highest BCUT2D eigenvalue weighted by atomic mass is 16.5. The third kappa shape index (κ3) is 3.24. The second-order valence-electron chi connectivity index (χ2n) is 5.38. The molecule has 4 heteroatoms. The number of ether oxygens (including phenoxy) is 2. The topological polar surface area (TPSA) is 58.9 Å². The van der Waals surface area contributed by atoms with Crippen molar-refractivity contribution in [3.8, 4) is 11.5 Å². The fourth-order valence-electron chi connectivity index (χ4n) is 2.57. The number of rotatable bonds is 6.